The topological polar surface area (TPSA) is 111 Å². The maximum Gasteiger partial charge on any atom is 0.416 e. The zero-order chi connectivity index (χ0) is 25.0. The van der Waals surface area contributed by atoms with Gasteiger partial charge in [-0.1, -0.05) is 55.0 Å². The molecule has 0 heterocycles. The number of carbonyl (C=O) groups excluding carboxylic acids is 3. The summed E-state index contributed by atoms with van der Waals surface area (Å²) in [6.07, 6.45) is -3.71. The summed E-state index contributed by atoms with van der Waals surface area (Å²) in [5.41, 5.74) is 5.17. The lowest BCUT2D eigenvalue weighted by Gasteiger charge is -2.18. The molecule has 0 radical (unpaired) electrons. The number of unbranched alkanes of at least 4 members (excludes halogenated alkanes) is 2. The molecule has 2 aromatic carbocycles. The van der Waals surface area contributed by atoms with Gasteiger partial charge in [-0.15, -0.1) is 0 Å². The monoisotopic (exact) mass is 479 g/mol. The molecule has 0 aliphatic heterocycles. The van der Waals surface area contributed by atoms with E-state index in [4.69, 9.17) is 10.5 Å². The number of alkyl carbamates (subject to hydrolysis) is 1. The molecule has 0 bridgehead atoms. The molecular weight excluding hydrogens is 451 g/mol. The molecule has 7 nitrogen and oxygen atoms in total. The maximum atomic E-state index is 13.2. The van der Waals surface area contributed by atoms with Crippen LogP contribution in [0.3, 0.4) is 0 Å². The highest BCUT2D eigenvalue weighted by atomic mass is 19.4. The number of alkyl halides is 3. The Morgan fingerprint density at radius 2 is 1.62 bits per heavy atom. The molecule has 0 saturated heterocycles. The van der Waals surface area contributed by atoms with E-state index in [0.717, 1.165) is 11.6 Å². The standard InChI is InChI=1S/C24H28F3N3O4/c25-24(26,27)19-12-7-6-11-18(19)15-20(22(28)32)30-21(31)13-5-2-8-14-29-23(33)34-16-17-9-3-1-4-10-17/h1,3-4,6-7,9-12,20H,2,5,8,13-16H2,(H2,28,32)(H,29,33)(H,30,31)/t20-/m1/s1. The van der Waals surface area contributed by atoms with Crippen molar-refractivity contribution in [1.82, 2.24) is 10.6 Å². The fourth-order valence-corrected chi connectivity index (χ4v) is 3.24. The van der Waals surface area contributed by atoms with Crippen LogP contribution < -0.4 is 16.4 Å². The van der Waals surface area contributed by atoms with Crippen LogP contribution in [0.1, 0.15) is 42.4 Å². The van der Waals surface area contributed by atoms with Gasteiger partial charge in [-0.3, -0.25) is 9.59 Å². The van der Waals surface area contributed by atoms with Crippen molar-refractivity contribution in [1.29, 1.82) is 0 Å². The van der Waals surface area contributed by atoms with Crippen LogP contribution in [0.4, 0.5) is 18.0 Å². The number of primary amides is 1. The zero-order valence-corrected chi connectivity index (χ0v) is 18.6. The van der Waals surface area contributed by atoms with E-state index >= 15 is 0 Å². The van der Waals surface area contributed by atoms with Crippen molar-refractivity contribution >= 4 is 17.9 Å². The third-order valence-electron chi connectivity index (χ3n) is 4.99. The summed E-state index contributed by atoms with van der Waals surface area (Å²) in [6, 6.07) is 12.8. The summed E-state index contributed by atoms with van der Waals surface area (Å²) in [5.74, 6) is -1.40. The van der Waals surface area contributed by atoms with Crippen LogP contribution in [0.15, 0.2) is 54.6 Å². The molecule has 1 atom stereocenters. The maximum absolute atomic E-state index is 13.2. The number of nitrogens with two attached hydrogens (primary N) is 1. The van der Waals surface area contributed by atoms with Crippen LogP contribution in [0.2, 0.25) is 0 Å². The molecule has 0 spiro atoms. The van der Waals surface area contributed by atoms with E-state index in [-0.39, 0.29) is 25.0 Å². The minimum Gasteiger partial charge on any atom is -0.445 e. The number of amides is 3. The van der Waals surface area contributed by atoms with E-state index in [1.807, 2.05) is 30.3 Å². The van der Waals surface area contributed by atoms with Crippen molar-refractivity contribution in [2.45, 2.75) is 50.9 Å². The van der Waals surface area contributed by atoms with Crippen LogP contribution in [0.25, 0.3) is 0 Å². The molecule has 10 heteroatoms. The first-order valence-corrected chi connectivity index (χ1v) is 10.8. The average molecular weight is 479 g/mol. The Morgan fingerprint density at radius 1 is 0.941 bits per heavy atom. The first-order chi connectivity index (χ1) is 16.2. The minimum absolute atomic E-state index is 0.0726. The fourth-order valence-electron chi connectivity index (χ4n) is 3.24. The van der Waals surface area contributed by atoms with E-state index < -0.39 is 35.7 Å². The largest absolute Gasteiger partial charge is 0.445 e. The predicted octanol–water partition coefficient (Wildman–Crippen LogP) is 3.70. The number of hydrogen-bond donors (Lipinski definition) is 3. The average Bonchev–Trinajstić information content (AvgIpc) is 2.79. The van der Waals surface area contributed by atoms with Gasteiger partial charge in [0.25, 0.3) is 0 Å². The molecule has 0 aliphatic carbocycles. The lowest BCUT2D eigenvalue weighted by Crippen LogP contribution is -2.46. The number of nitrogens with one attached hydrogen (secondary N) is 2. The van der Waals surface area contributed by atoms with E-state index in [0.29, 0.717) is 25.8 Å². The summed E-state index contributed by atoms with van der Waals surface area (Å²) >= 11 is 0. The molecule has 0 aliphatic rings. The van der Waals surface area contributed by atoms with Crippen LogP contribution in [0.5, 0.6) is 0 Å². The highest BCUT2D eigenvalue weighted by Gasteiger charge is 2.34. The second-order valence-corrected chi connectivity index (χ2v) is 7.68. The fraction of sp³-hybridized carbons (Fsp3) is 0.375. The van der Waals surface area contributed by atoms with Crippen LogP contribution in [-0.2, 0) is 33.5 Å². The Kier molecular flexibility index (Phi) is 10.4. The molecule has 2 aromatic rings. The van der Waals surface area contributed by atoms with Gasteiger partial charge in [0.15, 0.2) is 0 Å². The molecule has 0 aromatic heterocycles. The normalized spacial score (nSPS) is 12.0. The smallest absolute Gasteiger partial charge is 0.416 e. The van der Waals surface area contributed by atoms with Gasteiger partial charge in [0.1, 0.15) is 12.6 Å². The second-order valence-electron chi connectivity index (χ2n) is 7.68. The number of halogens is 3. The van der Waals surface area contributed by atoms with Gasteiger partial charge in [0.05, 0.1) is 5.56 Å². The minimum atomic E-state index is -4.58. The Bertz CT molecular complexity index is 952. The van der Waals surface area contributed by atoms with Gasteiger partial charge in [0, 0.05) is 19.4 Å². The van der Waals surface area contributed by atoms with Gasteiger partial charge >= 0.3 is 12.3 Å². The summed E-state index contributed by atoms with van der Waals surface area (Å²) in [5, 5.41) is 5.03. The highest BCUT2D eigenvalue weighted by molar-refractivity contribution is 5.86. The molecule has 3 amide bonds. The number of rotatable bonds is 12. The Labute approximate surface area is 195 Å². The second kappa shape index (κ2) is 13.2. The quantitative estimate of drug-likeness (QED) is 0.403. The van der Waals surface area contributed by atoms with Crippen molar-refractivity contribution in [2.24, 2.45) is 5.73 Å². The molecule has 2 rings (SSSR count). The van der Waals surface area contributed by atoms with Crippen molar-refractivity contribution < 1.29 is 32.3 Å². The van der Waals surface area contributed by atoms with Gasteiger partial charge in [-0.25, -0.2) is 4.79 Å². The molecule has 0 fully saturated rings. The number of ether oxygens (including phenoxy) is 1. The Hall–Kier alpha value is -3.56. The molecule has 0 unspecified atom stereocenters. The highest BCUT2D eigenvalue weighted by Crippen LogP contribution is 2.32. The first kappa shape index (κ1) is 26.7. The third-order valence-corrected chi connectivity index (χ3v) is 4.99. The molecule has 4 N–H and O–H groups in total. The summed E-state index contributed by atoms with van der Waals surface area (Å²) in [6.45, 7) is 0.536. The lowest BCUT2D eigenvalue weighted by atomic mass is 9.99. The van der Waals surface area contributed by atoms with Gasteiger partial charge in [0.2, 0.25) is 11.8 Å². The Morgan fingerprint density at radius 3 is 2.29 bits per heavy atom. The number of carbonyl (C=O) groups is 3. The van der Waals surface area contributed by atoms with Crippen LogP contribution >= 0.6 is 0 Å². The van der Waals surface area contributed by atoms with Crippen LogP contribution in [0, 0.1) is 0 Å². The van der Waals surface area contributed by atoms with Gasteiger partial charge in [-0.05, 0) is 30.0 Å². The van der Waals surface area contributed by atoms with Crippen molar-refractivity contribution in [3.63, 3.8) is 0 Å². The van der Waals surface area contributed by atoms with Gasteiger partial charge in [-0.2, -0.15) is 13.2 Å². The molecule has 184 valence electrons. The molecular formula is C24H28F3N3O4. The lowest BCUT2D eigenvalue weighted by molar-refractivity contribution is -0.138. The first-order valence-electron chi connectivity index (χ1n) is 10.8. The summed E-state index contributed by atoms with van der Waals surface area (Å²) < 4.78 is 44.6. The SMILES string of the molecule is NC(=O)[C@@H](Cc1ccccc1C(F)(F)F)NC(=O)CCCCCNC(=O)OCc1ccccc1. The van der Waals surface area contributed by atoms with E-state index in [2.05, 4.69) is 10.6 Å². The van der Waals surface area contributed by atoms with E-state index in [1.165, 1.54) is 18.2 Å². The van der Waals surface area contributed by atoms with Crippen molar-refractivity contribution in [2.75, 3.05) is 6.54 Å². The molecule has 34 heavy (non-hydrogen) atoms. The third kappa shape index (κ3) is 9.51. The zero-order valence-electron chi connectivity index (χ0n) is 18.6. The predicted molar refractivity (Wildman–Crippen MR) is 119 cm³/mol. The van der Waals surface area contributed by atoms with Crippen molar-refractivity contribution in [3.8, 4) is 0 Å². The number of benzene rings is 2. The van der Waals surface area contributed by atoms with Gasteiger partial charge < -0.3 is 21.1 Å². The summed E-state index contributed by atoms with van der Waals surface area (Å²) in [4.78, 5) is 35.5. The summed E-state index contributed by atoms with van der Waals surface area (Å²) in [7, 11) is 0. The Balaban J connectivity index is 1.67. The number of hydrogen-bond acceptors (Lipinski definition) is 4. The van der Waals surface area contributed by atoms with E-state index in [9.17, 15) is 27.6 Å². The van der Waals surface area contributed by atoms with Crippen molar-refractivity contribution in [3.05, 3.63) is 71.3 Å². The van der Waals surface area contributed by atoms with Crippen LogP contribution in [-0.4, -0.2) is 30.5 Å². The molecule has 0 saturated carbocycles. The van der Waals surface area contributed by atoms with E-state index in [1.54, 1.807) is 0 Å².